The number of rotatable bonds is 5. The molecule has 4 rings (SSSR count). The predicted octanol–water partition coefficient (Wildman–Crippen LogP) is 4.66. The van der Waals surface area contributed by atoms with Gasteiger partial charge in [-0.05, 0) is 42.8 Å². The van der Waals surface area contributed by atoms with Crippen LogP contribution in [0.3, 0.4) is 0 Å². The van der Waals surface area contributed by atoms with Crippen molar-refractivity contribution in [1.29, 1.82) is 0 Å². The Morgan fingerprint density at radius 1 is 1.12 bits per heavy atom. The first-order chi connectivity index (χ1) is 12.6. The summed E-state index contributed by atoms with van der Waals surface area (Å²) in [7, 11) is 3.69. The van der Waals surface area contributed by atoms with Gasteiger partial charge in [0.15, 0.2) is 0 Å². The molecule has 5 heteroatoms. The summed E-state index contributed by atoms with van der Waals surface area (Å²) < 4.78 is 6.47. The zero-order valence-corrected chi connectivity index (χ0v) is 16.3. The lowest BCUT2D eigenvalue weighted by molar-refractivity contribution is 0.0977. The van der Waals surface area contributed by atoms with Crippen LogP contribution in [0.5, 0.6) is 5.75 Å². The number of methoxy groups -OCH3 is 1. The molecule has 0 unspecified atom stereocenters. The van der Waals surface area contributed by atoms with Crippen LogP contribution in [-0.4, -0.2) is 31.6 Å². The molecule has 0 fully saturated rings. The average Bonchev–Trinajstić information content (AvgIpc) is 2.90. The smallest absolute Gasteiger partial charge is 0.260 e. The van der Waals surface area contributed by atoms with E-state index in [-0.39, 0.29) is 5.91 Å². The number of amides is 1. The summed E-state index contributed by atoms with van der Waals surface area (Å²) >= 11 is 3.51. The van der Waals surface area contributed by atoms with Gasteiger partial charge in [0.05, 0.1) is 19.5 Å². The molecule has 0 N–H and O–H groups in total. The summed E-state index contributed by atoms with van der Waals surface area (Å²) in [5.41, 5.74) is 2.84. The maximum atomic E-state index is 12.9. The van der Waals surface area contributed by atoms with E-state index in [2.05, 4.69) is 39.0 Å². The first-order valence-electron chi connectivity index (χ1n) is 8.43. The van der Waals surface area contributed by atoms with Crippen molar-refractivity contribution in [2.75, 3.05) is 25.7 Å². The number of ether oxygens (including phenoxy) is 1. The van der Waals surface area contributed by atoms with Crippen molar-refractivity contribution in [2.24, 2.45) is 0 Å². The summed E-state index contributed by atoms with van der Waals surface area (Å²) in [5.74, 6) is 0.906. The first kappa shape index (κ1) is 17.1. The third kappa shape index (κ3) is 2.87. The number of carbonyl (C=O) groups excluding carboxylic acids is 1. The molecule has 1 heterocycles. The standard InChI is InChI=1S/C21H19BrN2O2/c1-23(12-15-11-16(22)9-10-19(15)26-2)13-24-18-8-4-6-14-5-3-7-17(20(14)18)21(24)25/h3-11H,12-13H2,1-2H3. The summed E-state index contributed by atoms with van der Waals surface area (Å²) in [5, 5.41) is 2.15. The van der Waals surface area contributed by atoms with Crippen molar-refractivity contribution in [3.05, 3.63) is 70.2 Å². The highest BCUT2D eigenvalue weighted by Crippen LogP contribution is 2.37. The Morgan fingerprint density at radius 2 is 1.88 bits per heavy atom. The first-order valence-corrected chi connectivity index (χ1v) is 9.22. The summed E-state index contributed by atoms with van der Waals surface area (Å²) in [4.78, 5) is 16.9. The maximum absolute atomic E-state index is 12.9. The third-order valence-electron chi connectivity index (χ3n) is 4.71. The lowest BCUT2D eigenvalue weighted by atomic mass is 10.1. The maximum Gasteiger partial charge on any atom is 0.260 e. The highest BCUT2D eigenvalue weighted by molar-refractivity contribution is 9.10. The van der Waals surface area contributed by atoms with Crippen molar-refractivity contribution >= 4 is 38.3 Å². The van der Waals surface area contributed by atoms with Crippen LogP contribution in [0.4, 0.5) is 5.69 Å². The van der Waals surface area contributed by atoms with Gasteiger partial charge >= 0.3 is 0 Å². The molecule has 3 aromatic rings. The average molecular weight is 411 g/mol. The zero-order chi connectivity index (χ0) is 18.3. The van der Waals surface area contributed by atoms with Crippen LogP contribution in [0.15, 0.2) is 59.1 Å². The number of hydrogen-bond acceptors (Lipinski definition) is 3. The molecule has 0 aromatic heterocycles. The fourth-order valence-corrected chi connectivity index (χ4v) is 3.98. The second-order valence-corrected chi connectivity index (χ2v) is 7.44. The number of anilines is 1. The fourth-order valence-electron chi connectivity index (χ4n) is 3.57. The van der Waals surface area contributed by atoms with Gasteiger partial charge in [-0.3, -0.25) is 14.6 Å². The molecule has 0 radical (unpaired) electrons. The molecule has 0 saturated carbocycles. The molecule has 0 aliphatic carbocycles. The SMILES string of the molecule is COc1ccc(Br)cc1CN(C)CN1C(=O)c2cccc3cccc1c23. The highest BCUT2D eigenvalue weighted by Gasteiger charge is 2.30. The molecule has 0 atom stereocenters. The second kappa shape index (κ2) is 6.74. The fraction of sp³-hybridized carbons (Fsp3) is 0.190. The van der Waals surface area contributed by atoms with E-state index >= 15 is 0 Å². The Hall–Kier alpha value is -2.37. The van der Waals surface area contributed by atoms with Gasteiger partial charge in [0, 0.05) is 27.5 Å². The van der Waals surface area contributed by atoms with Crippen molar-refractivity contribution in [3.8, 4) is 5.75 Å². The molecule has 1 amide bonds. The van der Waals surface area contributed by atoms with E-state index in [0.717, 1.165) is 37.8 Å². The molecule has 1 aliphatic heterocycles. The Balaban J connectivity index is 1.60. The molecule has 1 aliphatic rings. The van der Waals surface area contributed by atoms with E-state index in [4.69, 9.17) is 4.74 Å². The lowest BCUT2D eigenvalue weighted by Crippen LogP contribution is -2.37. The van der Waals surface area contributed by atoms with Crippen molar-refractivity contribution < 1.29 is 9.53 Å². The van der Waals surface area contributed by atoms with Gasteiger partial charge in [0.1, 0.15) is 5.75 Å². The molecule has 3 aromatic carbocycles. The number of carbonyl (C=O) groups is 1. The molecule has 26 heavy (non-hydrogen) atoms. The van der Waals surface area contributed by atoms with E-state index in [9.17, 15) is 4.79 Å². The van der Waals surface area contributed by atoms with E-state index in [0.29, 0.717) is 13.2 Å². The number of halogens is 1. The van der Waals surface area contributed by atoms with Crippen molar-refractivity contribution in [1.82, 2.24) is 4.90 Å². The van der Waals surface area contributed by atoms with Gasteiger partial charge in [-0.1, -0.05) is 40.2 Å². The van der Waals surface area contributed by atoms with Crippen molar-refractivity contribution in [2.45, 2.75) is 6.54 Å². The molecule has 0 bridgehead atoms. The van der Waals surface area contributed by atoms with E-state index in [1.54, 1.807) is 7.11 Å². The summed E-state index contributed by atoms with van der Waals surface area (Å²) in [6, 6.07) is 17.9. The van der Waals surface area contributed by atoms with Gasteiger partial charge in [-0.15, -0.1) is 0 Å². The number of hydrogen-bond donors (Lipinski definition) is 0. The van der Waals surface area contributed by atoms with Gasteiger partial charge in [0.25, 0.3) is 5.91 Å². The van der Waals surface area contributed by atoms with Crippen LogP contribution in [0.1, 0.15) is 15.9 Å². The molecule has 0 spiro atoms. The van der Waals surface area contributed by atoms with Gasteiger partial charge < -0.3 is 4.74 Å². The summed E-state index contributed by atoms with van der Waals surface area (Å²) in [6.07, 6.45) is 0. The Bertz CT molecular complexity index is 997. The van der Waals surface area contributed by atoms with Crippen LogP contribution in [0.2, 0.25) is 0 Å². The van der Waals surface area contributed by atoms with Crippen LogP contribution in [0.25, 0.3) is 10.8 Å². The second-order valence-electron chi connectivity index (χ2n) is 6.53. The lowest BCUT2D eigenvalue weighted by Gasteiger charge is -2.25. The summed E-state index contributed by atoms with van der Waals surface area (Å²) in [6.45, 7) is 1.20. The van der Waals surface area contributed by atoms with E-state index in [1.807, 2.05) is 48.3 Å². The van der Waals surface area contributed by atoms with Crippen molar-refractivity contribution in [3.63, 3.8) is 0 Å². The molecular weight excluding hydrogens is 392 g/mol. The van der Waals surface area contributed by atoms with Crippen LogP contribution in [0, 0.1) is 0 Å². The quantitative estimate of drug-likeness (QED) is 0.612. The predicted molar refractivity (Wildman–Crippen MR) is 108 cm³/mol. The molecule has 132 valence electrons. The number of nitrogens with zero attached hydrogens (tertiary/aromatic N) is 2. The largest absolute Gasteiger partial charge is 0.496 e. The third-order valence-corrected chi connectivity index (χ3v) is 5.21. The minimum absolute atomic E-state index is 0.0601. The molecular formula is C21H19BrN2O2. The van der Waals surface area contributed by atoms with Gasteiger partial charge in [-0.25, -0.2) is 0 Å². The van der Waals surface area contributed by atoms with E-state index in [1.165, 1.54) is 0 Å². The minimum Gasteiger partial charge on any atom is -0.496 e. The minimum atomic E-state index is 0.0601. The normalized spacial score (nSPS) is 13.1. The highest BCUT2D eigenvalue weighted by atomic mass is 79.9. The van der Waals surface area contributed by atoms with Crippen LogP contribution < -0.4 is 9.64 Å². The topological polar surface area (TPSA) is 32.8 Å². The Kier molecular flexibility index (Phi) is 4.42. The number of benzene rings is 3. The van der Waals surface area contributed by atoms with Gasteiger partial charge in [-0.2, -0.15) is 0 Å². The van der Waals surface area contributed by atoms with E-state index < -0.39 is 0 Å². The van der Waals surface area contributed by atoms with Gasteiger partial charge in [0.2, 0.25) is 0 Å². The Morgan fingerprint density at radius 3 is 2.65 bits per heavy atom. The monoisotopic (exact) mass is 410 g/mol. The molecule has 0 saturated heterocycles. The van der Waals surface area contributed by atoms with Crippen LogP contribution in [-0.2, 0) is 6.54 Å². The zero-order valence-electron chi connectivity index (χ0n) is 14.7. The molecule has 4 nitrogen and oxygen atoms in total. The van der Waals surface area contributed by atoms with Crippen LogP contribution >= 0.6 is 15.9 Å². The Labute approximate surface area is 161 Å².